The maximum atomic E-state index is 11.2. The van der Waals surface area contributed by atoms with E-state index >= 15 is 0 Å². The number of primary amides is 1. The zero-order valence-corrected chi connectivity index (χ0v) is 22.1. The van der Waals surface area contributed by atoms with Crippen molar-refractivity contribution in [2.45, 2.75) is 45.7 Å². The van der Waals surface area contributed by atoms with E-state index in [0.29, 0.717) is 19.3 Å². The first-order valence-corrected chi connectivity index (χ1v) is 12.2. The number of aromatic nitrogens is 1. The van der Waals surface area contributed by atoms with Crippen LogP contribution in [0.15, 0.2) is 79.1 Å². The van der Waals surface area contributed by atoms with Crippen LogP contribution in [0.25, 0.3) is 11.1 Å². The Kier molecular flexibility index (Phi) is 19.2. The number of carbonyl (C=O) groups excluding carboxylic acids is 3. The van der Waals surface area contributed by atoms with E-state index in [1.165, 1.54) is 11.1 Å². The number of hydrogen-bond acceptors (Lipinski definition) is 6. The van der Waals surface area contributed by atoms with E-state index in [0.717, 1.165) is 17.4 Å². The minimum absolute atomic E-state index is 0.250. The number of aldehydes is 1. The van der Waals surface area contributed by atoms with Gasteiger partial charge in [0.05, 0.1) is 12.1 Å². The Morgan fingerprint density at radius 2 is 1.43 bits per heavy atom. The van der Waals surface area contributed by atoms with Crippen molar-refractivity contribution in [3.63, 3.8) is 0 Å². The number of nitrogens with one attached hydrogen (secondary N) is 2. The van der Waals surface area contributed by atoms with E-state index in [4.69, 9.17) is 10.8 Å². The number of likely N-dealkylation sites (N-methyl/N-ethyl adjacent to an activating group) is 1. The Labute approximate surface area is 220 Å². The van der Waals surface area contributed by atoms with Crippen LogP contribution in [0.3, 0.4) is 0 Å². The zero-order valence-electron chi connectivity index (χ0n) is 22.1. The molecule has 0 spiro atoms. The summed E-state index contributed by atoms with van der Waals surface area (Å²) in [7, 11) is 1.74. The monoisotopic (exact) mass is 508 g/mol. The fourth-order valence-electron chi connectivity index (χ4n) is 3.05. The van der Waals surface area contributed by atoms with Crippen LogP contribution in [-0.4, -0.2) is 54.4 Å². The molecule has 0 aliphatic heterocycles. The number of aliphatic hydroxyl groups excluding tert-OH is 1. The second-order valence-corrected chi connectivity index (χ2v) is 7.41. The highest BCUT2D eigenvalue weighted by molar-refractivity contribution is 5.80. The number of pyridine rings is 1. The minimum Gasteiger partial charge on any atom is -0.397 e. The number of nitrogens with zero attached hydrogens (tertiary/aromatic N) is 1. The highest BCUT2D eigenvalue weighted by atomic mass is 16.2. The molecular formula is C29H40N4O4. The molecule has 0 aliphatic rings. The molecule has 1 aromatic heterocycles. The highest BCUT2D eigenvalue weighted by Gasteiger charge is 2.13. The highest BCUT2D eigenvalue weighted by Crippen LogP contribution is 2.19. The predicted octanol–water partition coefficient (Wildman–Crippen LogP) is 2.93. The van der Waals surface area contributed by atoms with Crippen LogP contribution in [-0.2, 0) is 27.2 Å². The maximum absolute atomic E-state index is 11.2. The summed E-state index contributed by atoms with van der Waals surface area (Å²) in [6.07, 6.45) is 5.66. The Hall–Kier alpha value is -3.88. The molecule has 0 saturated heterocycles. The molecule has 0 bridgehead atoms. The third kappa shape index (κ3) is 14.3. The second kappa shape index (κ2) is 21.4. The maximum Gasteiger partial charge on any atom is 0.234 e. The number of aliphatic hydroxyl groups is 1. The largest absolute Gasteiger partial charge is 0.397 e. The standard InChI is InChI=1S/C16H18N2O.C9H10N2O2.C2H6O.C2H6/c1-18-15(16(17)19)11-12-7-9-14(10-8-12)13-5-3-2-4-6-13;12-6-9(11-7-13)5-8-1-3-10-4-2-8;1-2-3;1-2/h2-10,15,18H,11H2,1H3,(H2,17,19);1-4,6-7,9H,5H2,(H,11,13);3H,2H2,1H3;1-2H3/t15-;9-;;/m10../s1. The van der Waals surface area contributed by atoms with Crippen LogP contribution in [0, 0.1) is 0 Å². The first-order valence-electron chi connectivity index (χ1n) is 12.2. The number of amides is 2. The van der Waals surface area contributed by atoms with E-state index < -0.39 is 6.04 Å². The first kappa shape index (κ1) is 33.1. The van der Waals surface area contributed by atoms with Crippen molar-refractivity contribution in [2.75, 3.05) is 13.7 Å². The van der Waals surface area contributed by atoms with Crippen LogP contribution < -0.4 is 16.4 Å². The fraction of sp³-hybridized carbons (Fsp3) is 0.310. The van der Waals surface area contributed by atoms with E-state index in [-0.39, 0.29) is 18.6 Å². The van der Waals surface area contributed by atoms with Gasteiger partial charge >= 0.3 is 0 Å². The Morgan fingerprint density at radius 1 is 0.919 bits per heavy atom. The molecule has 0 aliphatic carbocycles. The predicted molar refractivity (Wildman–Crippen MR) is 149 cm³/mol. The van der Waals surface area contributed by atoms with Gasteiger partial charge in [-0.05, 0) is 61.2 Å². The molecule has 8 nitrogen and oxygen atoms in total. The van der Waals surface area contributed by atoms with Crippen molar-refractivity contribution < 1.29 is 19.5 Å². The normalized spacial score (nSPS) is 10.9. The third-order valence-electron chi connectivity index (χ3n) is 4.84. The molecule has 2 aromatic carbocycles. The van der Waals surface area contributed by atoms with Gasteiger partial charge in [0.15, 0.2) is 0 Å². The SMILES string of the molecule is CC.CCO.CN[C@H](Cc1ccc(-c2ccccc2)cc1)C(N)=O.O=CN[C@H](C=O)Cc1ccncc1. The van der Waals surface area contributed by atoms with Crippen molar-refractivity contribution in [3.05, 3.63) is 90.3 Å². The molecule has 200 valence electrons. The molecule has 37 heavy (non-hydrogen) atoms. The zero-order chi connectivity index (χ0) is 27.9. The summed E-state index contributed by atoms with van der Waals surface area (Å²) in [6.45, 7) is 5.93. The van der Waals surface area contributed by atoms with Gasteiger partial charge in [0.1, 0.15) is 6.29 Å². The van der Waals surface area contributed by atoms with E-state index in [1.807, 2.05) is 56.3 Å². The van der Waals surface area contributed by atoms with E-state index in [9.17, 15) is 14.4 Å². The average Bonchev–Trinajstić information content (AvgIpc) is 2.94. The number of benzene rings is 2. The van der Waals surface area contributed by atoms with Gasteiger partial charge in [0, 0.05) is 19.0 Å². The first-order chi connectivity index (χ1) is 18.0. The van der Waals surface area contributed by atoms with Crippen LogP contribution in [0.4, 0.5) is 0 Å². The molecule has 3 rings (SSSR count). The fourth-order valence-corrected chi connectivity index (χ4v) is 3.05. The van der Waals surface area contributed by atoms with Gasteiger partial charge in [-0.3, -0.25) is 14.6 Å². The summed E-state index contributed by atoms with van der Waals surface area (Å²) in [5, 5.41) is 12.9. The lowest BCUT2D eigenvalue weighted by Gasteiger charge is -2.12. The topological polar surface area (TPSA) is 134 Å². The van der Waals surface area contributed by atoms with Crippen molar-refractivity contribution in [1.29, 1.82) is 0 Å². The lowest BCUT2D eigenvalue weighted by Crippen LogP contribution is -2.40. The van der Waals surface area contributed by atoms with Crippen molar-refractivity contribution in [1.82, 2.24) is 15.6 Å². The van der Waals surface area contributed by atoms with E-state index in [2.05, 4.69) is 39.9 Å². The van der Waals surface area contributed by atoms with E-state index in [1.54, 1.807) is 26.4 Å². The summed E-state index contributed by atoms with van der Waals surface area (Å²) in [6, 6.07) is 21.3. The Balaban J connectivity index is 0.000000626. The number of nitrogens with two attached hydrogens (primary N) is 1. The van der Waals surface area contributed by atoms with Crippen molar-refractivity contribution >= 4 is 18.6 Å². The molecule has 8 heteroatoms. The molecule has 2 atom stereocenters. The summed E-state index contributed by atoms with van der Waals surface area (Å²) >= 11 is 0. The van der Waals surface area contributed by atoms with Crippen molar-refractivity contribution in [2.24, 2.45) is 5.73 Å². The minimum atomic E-state index is -0.445. The lowest BCUT2D eigenvalue weighted by atomic mass is 10.0. The number of carbonyl (C=O) groups is 3. The third-order valence-corrected chi connectivity index (χ3v) is 4.84. The summed E-state index contributed by atoms with van der Waals surface area (Å²) in [5.41, 5.74) is 9.74. The summed E-state index contributed by atoms with van der Waals surface area (Å²) < 4.78 is 0. The van der Waals surface area contributed by atoms with Gasteiger partial charge in [-0.15, -0.1) is 0 Å². The molecule has 3 aromatic rings. The molecule has 0 saturated carbocycles. The quantitative estimate of drug-likeness (QED) is 0.311. The Morgan fingerprint density at radius 3 is 1.89 bits per heavy atom. The lowest BCUT2D eigenvalue weighted by molar-refractivity contribution is -0.119. The Bertz CT molecular complexity index is 984. The molecule has 1 heterocycles. The van der Waals surface area contributed by atoms with Gasteiger partial charge < -0.3 is 26.3 Å². The van der Waals surface area contributed by atoms with Gasteiger partial charge in [-0.25, -0.2) is 0 Å². The van der Waals surface area contributed by atoms with Gasteiger partial charge in [0.25, 0.3) is 0 Å². The number of hydrogen-bond donors (Lipinski definition) is 4. The van der Waals surface area contributed by atoms with Gasteiger partial charge in [-0.2, -0.15) is 0 Å². The summed E-state index contributed by atoms with van der Waals surface area (Å²) in [4.78, 5) is 35.6. The van der Waals surface area contributed by atoms with Crippen LogP contribution in [0.2, 0.25) is 0 Å². The number of rotatable bonds is 10. The van der Waals surface area contributed by atoms with Gasteiger partial charge in [-0.1, -0.05) is 68.4 Å². The van der Waals surface area contributed by atoms with Crippen LogP contribution in [0.5, 0.6) is 0 Å². The smallest absolute Gasteiger partial charge is 0.234 e. The molecule has 2 amide bonds. The van der Waals surface area contributed by atoms with Crippen LogP contribution >= 0.6 is 0 Å². The second-order valence-electron chi connectivity index (χ2n) is 7.41. The van der Waals surface area contributed by atoms with Crippen LogP contribution in [0.1, 0.15) is 31.9 Å². The van der Waals surface area contributed by atoms with Gasteiger partial charge in [0.2, 0.25) is 12.3 Å². The molecular weight excluding hydrogens is 468 g/mol. The van der Waals surface area contributed by atoms with Crippen molar-refractivity contribution in [3.8, 4) is 11.1 Å². The molecule has 0 radical (unpaired) electrons. The molecule has 5 N–H and O–H groups in total. The molecule has 0 unspecified atom stereocenters. The molecule has 0 fully saturated rings. The average molecular weight is 509 g/mol. The summed E-state index contributed by atoms with van der Waals surface area (Å²) in [5.74, 6) is -0.324.